The predicted octanol–water partition coefficient (Wildman–Crippen LogP) is 2.26. The Balaban J connectivity index is 2.10. The highest BCUT2D eigenvalue weighted by Crippen LogP contribution is 2.20. The number of hydrogen-bond donors (Lipinski definition) is 2. The zero-order valence-corrected chi connectivity index (χ0v) is 11.1. The van der Waals surface area contributed by atoms with Crippen molar-refractivity contribution in [2.24, 2.45) is 0 Å². The van der Waals surface area contributed by atoms with Crippen molar-refractivity contribution in [3.8, 4) is 0 Å². The monoisotopic (exact) mass is 301 g/mol. The van der Waals surface area contributed by atoms with Crippen molar-refractivity contribution >= 4 is 34.5 Å². The molecule has 2 rings (SSSR count). The van der Waals surface area contributed by atoms with Gasteiger partial charge in [0.1, 0.15) is 0 Å². The van der Waals surface area contributed by atoms with Crippen LogP contribution in [0, 0.1) is 0 Å². The minimum atomic E-state index is -0.0849. The van der Waals surface area contributed by atoms with E-state index >= 15 is 0 Å². The maximum atomic E-state index is 11.9. The van der Waals surface area contributed by atoms with Crippen LogP contribution in [0.15, 0.2) is 27.6 Å². The molecule has 0 bridgehead atoms. The molecule has 86 valence electrons. The maximum absolute atomic E-state index is 11.9. The summed E-state index contributed by atoms with van der Waals surface area (Å²) in [4.78, 5) is 12.7. The first-order valence-corrected chi connectivity index (χ1v) is 6.28. The van der Waals surface area contributed by atoms with Gasteiger partial charge in [0.15, 0.2) is 0 Å². The van der Waals surface area contributed by atoms with Gasteiger partial charge in [0.2, 0.25) is 0 Å². The summed E-state index contributed by atoms with van der Waals surface area (Å²) in [6, 6.07) is 5.53. The number of benzene rings is 1. The van der Waals surface area contributed by atoms with Crippen molar-refractivity contribution in [1.82, 2.24) is 5.32 Å². The molecule has 1 aliphatic rings. The van der Waals surface area contributed by atoms with E-state index in [1.54, 1.807) is 6.07 Å². The van der Waals surface area contributed by atoms with Gasteiger partial charge in [-0.05, 0) is 40.5 Å². The first-order chi connectivity index (χ1) is 7.66. The molecule has 1 aromatic rings. The van der Waals surface area contributed by atoms with Gasteiger partial charge in [-0.15, -0.1) is 12.6 Å². The fourth-order valence-corrected chi connectivity index (χ4v) is 2.23. The second kappa shape index (κ2) is 5.21. The Labute approximate surface area is 108 Å². The van der Waals surface area contributed by atoms with Crippen LogP contribution in [0.3, 0.4) is 0 Å². The topological polar surface area (TPSA) is 38.3 Å². The van der Waals surface area contributed by atoms with Crippen molar-refractivity contribution in [3.63, 3.8) is 0 Å². The molecule has 1 aliphatic heterocycles. The molecule has 0 aliphatic carbocycles. The zero-order valence-electron chi connectivity index (χ0n) is 8.57. The third-order valence-electron chi connectivity index (χ3n) is 2.46. The van der Waals surface area contributed by atoms with E-state index in [-0.39, 0.29) is 11.9 Å². The highest BCUT2D eigenvalue weighted by atomic mass is 79.9. The van der Waals surface area contributed by atoms with Crippen molar-refractivity contribution in [1.29, 1.82) is 0 Å². The molecule has 1 atom stereocenters. The van der Waals surface area contributed by atoms with Crippen molar-refractivity contribution < 1.29 is 9.53 Å². The number of carbonyl (C=O) groups excluding carboxylic acids is 1. The minimum Gasteiger partial charge on any atom is -0.379 e. The third kappa shape index (κ3) is 2.78. The summed E-state index contributed by atoms with van der Waals surface area (Å²) in [6.07, 6.45) is 0.879. The van der Waals surface area contributed by atoms with Gasteiger partial charge in [-0.3, -0.25) is 4.79 Å². The van der Waals surface area contributed by atoms with Crippen LogP contribution in [0.4, 0.5) is 0 Å². The molecule has 0 spiro atoms. The first-order valence-electron chi connectivity index (χ1n) is 5.04. The molecule has 0 saturated carbocycles. The fourth-order valence-electron chi connectivity index (χ4n) is 1.60. The Kier molecular flexibility index (Phi) is 3.89. The summed E-state index contributed by atoms with van der Waals surface area (Å²) in [5.74, 6) is -0.0849. The van der Waals surface area contributed by atoms with E-state index in [0.717, 1.165) is 22.4 Å². The van der Waals surface area contributed by atoms with Crippen molar-refractivity contribution in [3.05, 3.63) is 28.2 Å². The Morgan fingerprint density at radius 2 is 2.38 bits per heavy atom. The number of carbonyl (C=O) groups is 1. The lowest BCUT2D eigenvalue weighted by Crippen LogP contribution is -2.35. The summed E-state index contributed by atoms with van der Waals surface area (Å²) in [5.41, 5.74) is 0.611. The summed E-state index contributed by atoms with van der Waals surface area (Å²) >= 11 is 7.57. The maximum Gasteiger partial charge on any atom is 0.252 e. The van der Waals surface area contributed by atoms with Crippen LogP contribution in [0.2, 0.25) is 0 Å². The van der Waals surface area contributed by atoms with Gasteiger partial charge >= 0.3 is 0 Å². The molecule has 0 aromatic heterocycles. The van der Waals surface area contributed by atoms with E-state index in [1.165, 1.54) is 0 Å². The van der Waals surface area contributed by atoms with E-state index in [9.17, 15) is 4.79 Å². The zero-order chi connectivity index (χ0) is 11.5. The molecule has 1 saturated heterocycles. The Hall–Kier alpha value is -0.520. The molecule has 1 unspecified atom stereocenters. The molecule has 16 heavy (non-hydrogen) atoms. The number of halogens is 1. The van der Waals surface area contributed by atoms with Crippen LogP contribution in [0.25, 0.3) is 0 Å². The van der Waals surface area contributed by atoms with E-state index in [4.69, 9.17) is 4.74 Å². The number of thiol groups is 1. The van der Waals surface area contributed by atoms with Gasteiger partial charge in [-0.1, -0.05) is 0 Å². The van der Waals surface area contributed by atoms with Crippen molar-refractivity contribution in [2.45, 2.75) is 17.4 Å². The Bertz CT molecular complexity index is 405. The summed E-state index contributed by atoms with van der Waals surface area (Å²) in [6.45, 7) is 1.32. The molecular weight excluding hydrogens is 290 g/mol. The van der Waals surface area contributed by atoms with Crippen LogP contribution in [-0.4, -0.2) is 25.2 Å². The Morgan fingerprint density at radius 3 is 3.06 bits per heavy atom. The van der Waals surface area contributed by atoms with E-state index < -0.39 is 0 Å². The smallest absolute Gasteiger partial charge is 0.252 e. The lowest BCUT2D eigenvalue weighted by molar-refractivity contribution is 0.0929. The number of rotatable bonds is 2. The summed E-state index contributed by atoms with van der Waals surface area (Å²) < 4.78 is 5.99. The molecule has 1 N–H and O–H groups in total. The number of nitrogens with one attached hydrogen (secondary N) is 1. The molecule has 5 heteroatoms. The average molecular weight is 302 g/mol. The average Bonchev–Trinajstić information content (AvgIpc) is 2.74. The highest BCUT2D eigenvalue weighted by molar-refractivity contribution is 9.10. The van der Waals surface area contributed by atoms with Gasteiger partial charge in [-0.2, -0.15) is 0 Å². The molecule has 1 fully saturated rings. The molecular formula is C11H12BrNO2S. The number of ether oxygens (including phenoxy) is 1. The number of amides is 1. The summed E-state index contributed by atoms with van der Waals surface area (Å²) in [7, 11) is 0. The molecule has 1 amide bonds. The minimum absolute atomic E-state index is 0.0849. The second-order valence-corrected chi connectivity index (χ2v) is 5.07. The van der Waals surface area contributed by atoms with Gasteiger partial charge < -0.3 is 10.1 Å². The number of hydrogen-bond acceptors (Lipinski definition) is 3. The lowest BCUT2D eigenvalue weighted by atomic mass is 10.2. The van der Waals surface area contributed by atoms with Crippen LogP contribution in [0.1, 0.15) is 16.8 Å². The SMILES string of the molecule is O=C(NC1CCOC1)c1cc(S)ccc1Br. The highest BCUT2D eigenvalue weighted by Gasteiger charge is 2.19. The van der Waals surface area contributed by atoms with Crippen LogP contribution >= 0.6 is 28.6 Å². The summed E-state index contributed by atoms with van der Waals surface area (Å²) in [5, 5.41) is 2.94. The first kappa shape index (κ1) is 12.0. The van der Waals surface area contributed by atoms with E-state index in [1.807, 2.05) is 12.1 Å². The molecule has 1 aromatic carbocycles. The van der Waals surface area contributed by atoms with Gasteiger partial charge in [0.25, 0.3) is 5.91 Å². The van der Waals surface area contributed by atoms with Gasteiger partial charge in [-0.25, -0.2) is 0 Å². The lowest BCUT2D eigenvalue weighted by Gasteiger charge is -2.11. The van der Waals surface area contributed by atoms with Gasteiger partial charge in [0.05, 0.1) is 18.2 Å². The van der Waals surface area contributed by atoms with Crippen LogP contribution in [0.5, 0.6) is 0 Å². The molecule has 0 radical (unpaired) electrons. The molecule has 1 heterocycles. The van der Waals surface area contributed by atoms with Gasteiger partial charge in [0, 0.05) is 16.0 Å². The van der Waals surface area contributed by atoms with Crippen LogP contribution in [-0.2, 0) is 4.74 Å². The largest absolute Gasteiger partial charge is 0.379 e. The van der Waals surface area contributed by atoms with Crippen molar-refractivity contribution in [2.75, 3.05) is 13.2 Å². The van der Waals surface area contributed by atoms with E-state index in [0.29, 0.717) is 12.2 Å². The van der Waals surface area contributed by atoms with Crippen LogP contribution < -0.4 is 5.32 Å². The second-order valence-electron chi connectivity index (χ2n) is 3.70. The van der Waals surface area contributed by atoms with E-state index in [2.05, 4.69) is 33.9 Å². The normalized spacial score (nSPS) is 19.8. The third-order valence-corrected chi connectivity index (χ3v) is 3.43. The quantitative estimate of drug-likeness (QED) is 0.823. The standard InChI is InChI=1S/C11H12BrNO2S/c12-10-2-1-8(16)5-9(10)11(14)13-7-3-4-15-6-7/h1-2,5,7,16H,3-4,6H2,(H,13,14). The predicted molar refractivity (Wildman–Crippen MR) is 68.1 cm³/mol. The molecule has 3 nitrogen and oxygen atoms in total. The fraction of sp³-hybridized carbons (Fsp3) is 0.364. The Morgan fingerprint density at radius 1 is 1.56 bits per heavy atom.